The number of likely N-dealkylation sites (tertiary alicyclic amines) is 1. The molecule has 2 fully saturated rings. The van der Waals surface area contributed by atoms with E-state index in [1.807, 2.05) is 24.0 Å². The Morgan fingerprint density at radius 1 is 1.08 bits per heavy atom. The van der Waals surface area contributed by atoms with Crippen LogP contribution in [0.5, 0.6) is 0 Å². The quantitative estimate of drug-likeness (QED) is 0.828. The second-order valence-corrected chi connectivity index (χ2v) is 7.72. The van der Waals surface area contributed by atoms with E-state index in [9.17, 15) is 4.79 Å². The second kappa shape index (κ2) is 6.04. The summed E-state index contributed by atoms with van der Waals surface area (Å²) in [7, 11) is 0. The summed E-state index contributed by atoms with van der Waals surface area (Å²) >= 11 is 0. The summed E-state index contributed by atoms with van der Waals surface area (Å²) in [6, 6.07) is 5.52. The lowest BCUT2D eigenvalue weighted by atomic mass is 10.0. The second-order valence-electron chi connectivity index (χ2n) is 7.72. The van der Waals surface area contributed by atoms with Crippen LogP contribution in [-0.2, 0) is 12.8 Å². The normalized spacial score (nSPS) is 24.0. The maximum absolute atomic E-state index is 12.7. The van der Waals surface area contributed by atoms with E-state index in [1.54, 1.807) is 12.3 Å². The van der Waals surface area contributed by atoms with Crippen LogP contribution in [0.25, 0.3) is 0 Å². The van der Waals surface area contributed by atoms with Crippen LogP contribution in [0.1, 0.15) is 34.0 Å². The topological polar surface area (TPSA) is 62.2 Å². The molecule has 0 spiro atoms. The fourth-order valence-electron chi connectivity index (χ4n) is 4.78. The standard InChI is InChI=1S/C20H23N5O/c1-13-22-17-7-4-5-16(17)19(23-13)24-9-14-11-25(12-15(14)10-24)20(26)18-6-2-3-8-21-18/h2-3,6,8,14-15H,4-5,7,9-12H2,1H3. The summed E-state index contributed by atoms with van der Waals surface area (Å²) in [6.07, 6.45) is 5.05. The van der Waals surface area contributed by atoms with Gasteiger partial charge in [-0.15, -0.1) is 0 Å². The van der Waals surface area contributed by atoms with Crippen LogP contribution in [0, 0.1) is 18.8 Å². The van der Waals surface area contributed by atoms with Gasteiger partial charge in [-0.25, -0.2) is 9.97 Å². The number of carbonyl (C=O) groups is 1. The van der Waals surface area contributed by atoms with Crippen LogP contribution >= 0.6 is 0 Å². The highest BCUT2D eigenvalue weighted by atomic mass is 16.2. The van der Waals surface area contributed by atoms with Crippen molar-refractivity contribution in [2.24, 2.45) is 11.8 Å². The Hall–Kier alpha value is -2.50. The molecule has 2 unspecified atom stereocenters. The minimum absolute atomic E-state index is 0.0605. The molecule has 5 rings (SSSR count). The molecular weight excluding hydrogens is 326 g/mol. The Morgan fingerprint density at radius 2 is 1.88 bits per heavy atom. The van der Waals surface area contributed by atoms with E-state index < -0.39 is 0 Å². The maximum Gasteiger partial charge on any atom is 0.272 e. The van der Waals surface area contributed by atoms with Crippen molar-refractivity contribution in [3.8, 4) is 0 Å². The van der Waals surface area contributed by atoms with Gasteiger partial charge in [-0.3, -0.25) is 9.78 Å². The smallest absolute Gasteiger partial charge is 0.272 e. The Morgan fingerprint density at radius 3 is 2.62 bits per heavy atom. The van der Waals surface area contributed by atoms with Gasteiger partial charge in [0.1, 0.15) is 17.3 Å². The summed E-state index contributed by atoms with van der Waals surface area (Å²) in [5, 5.41) is 0. The number of aryl methyl sites for hydroxylation is 2. The molecule has 4 heterocycles. The van der Waals surface area contributed by atoms with Gasteiger partial charge in [0, 0.05) is 55.5 Å². The van der Waals surface area contributed by atoms with Crippen LogP contribution in [-0.4, -0.2) is 51.9 Å². The van der Waals surface area contributed by atoms with E-state index in [0.29, 0.717) is 17.5 Å². The molecule has 6 nitrogen and oxygen atoms in total. The molecule has 0 N–H and O–H groups in total. The highest BCUT2D eigenvalue weighted by molar-refractivity contribution is 5.92. The van der Waals surface area contributed by atoms with E-state index >= 15 is 0 Å². The van der Waals surface area contributed by atoms with Gasteiger partial charge in [-0.05, 0) is 38.3 Å². The predicted octanol–water partition coefficient (Wildman–Crippen LogP) is 1.88. The molecule has 1 amide bonds. The van der Waals surface area contributed by atoms with Crippen molar-refractivity contribution in [1.29, 1.82) is 0 Å². The molecule has 2 aliphatic heterocycles. The number of fused-ring (bicyclic) bond motifs is 2. The monoisotopic (exact) mass is 349 g/mol. The molecule has 0 bridgehead atoms. The molecule has 3 aliphatic rings. The summed E-state index contributed by atoms with van der Waals surface area (Å²) in [5.74, 6) is 3.14. The number of amides is 1. The third-order valence-corrected chi connectivity index (χ3v) is 5.98. The third kappa shape index (κ3) is 2.55. The average molecular weight is 349 g/mol. The van der Waals surface area contributed by atoms with Gasteiger partial charge in [0.15, 0.2) is 0 Å². The van der Waals surface area contributed by atoms with Gasteiger partial charge in [0.25, 0.3) is 5.91 Å². The number of anilines is 1. The molecule has 0 saturated carbocycles. The molecule has 2 saturated heterocycles. The fraction of sp³-hybridized carbons (Fsp3) is 0.500. The number of aromatic nitrogens is 3. The van der Waals surface area contributed by atoms with Crippen molar-refractivity contribution >= 4 is 11.7 Å². The fourth-order valence-corrected chi connectivity index (χ4v) is 4.78. The van der Waals surface area contributed by atoms with E-state index in [2.05, 4.69) is 14.9 Å². The molecule has 134 valence electrons. The van der Waals surface area contributed by atoms with Gasteiger partial charge in [0.2, 0.25) is 0 Å². The van der Waals surface area contributed by atoms with Gasteiger partial charge in [-0.1, -0.05) is 6.07 Å². The first kappa shape index (κ1) is 15.7. The Bertz CT molecular complexity index is 839. The summed E-state index contributed by atoms with van der Waals surface area (Å²) in [4.78, 5) is 30.7. The minimum atomic E-state index is 0.0605. The van der Waals surface area contributed by atoms with Crippen molar-refractivity contribution in [2.75, 3.05) is 31.1 Å². The molecule has 26 heavy (non-hydrogen) atoms. The summed E-state index contributed by atoms with van der Waals surface area (Å²) < 4.78 is 0. The molecule has 2 aromatic rings. The zero-order chi connectivity index (χ0) is 17.7. The van der Waals surface area contributed by atoms with E-state index in [-0.39, 0.29) is 5.91 Å². The number of hydrogen-bond acceptors (Lipinski definition) is 5. The van der Waals surface area contributed by atoms with Crippen LogP contribution in [0.2, 0.25) is 0 Å². The van der Waals surface area contributed by atoms with E-state index in [0.717, 1.165) is 50.7 Å². The molecule has 1 aliphatic carbocycles. The van der Waals surface area contributed by atoms with Crippen molar-refractivity contribution in [3.63, 3.8) is 0 Å². The minimum Gasteiger partial charge on any atom is -0.356 e. The number of pyridine rings is 1. The Kier molecular flexibility index (Phi) is 3.65. The van der Waals surface area contributed by atoms with E-state index in [1.165, 1.54) is 17.7 Å². The maximum atomic E-state index is 12.7. The van der Waals surface area contributed by atoms with Gasteiger partial charge >= 0.3 is 0 Å². The Balaban J connectivity index is 1.32. The zero-order valence-electron chi connectivity index (χ0n) is 15.1. The average Bonchev–Trinajstić information content (AvgIpc) is 3.35. The summed E-state index contributed by atoms with van der Waals surface area (Å²) in [5.41, 5.74) is 3.15. The predicted molar refractivity (Wildman–Crippen MR) is 98.1 cm³/mol. The first-order valence-corrected chi connectivity index (χ1v) is 9.50. The molecule has 2 atom stereocenters. The van der Waals surface area contributed by atoms with Crippen LogP contribution in [0.3, 0.4) is 0 Å². The van der Waals surface area contributed by atoms with E-state index in [4.69, 9.17) is 4.98 Å². The van der Waals surface area contributed by atoms with Gasteiger partial charge < -0.3 is 9.80 Å². The lowest BCUT2D eigenvalue weighted by molar-refractivity contribution is 0.0777. The highest BCUT2D eigenvalue weighted by Crippen LogP contribution is 2.37. The summed E-state index contributed by atoms with van der Waals surface area (Å²) in [6.45, 7) is 5.61. The number of rotatable bonds is 2. The molecular formula is C20H23N5O. The lowest BCUT2D eigenvalue weighted by Crippen LogP contribution is -2.34. The number of nitrogens with zero attached hydrogens (tertiary/aromatic N) is 5. The van der Waals surface area contributed by atoms with Crippen LogP contribution in [0.4, 0.5) is 5.82 Å². The van der Waals surface area contributed by atoms with Crippen molar-refractivity contribution in [1.82, 2.24) is 19.9 Å². The van der Waals surface area contributed by atoms with Crippen molar-refractivity contribution in [3.05, 3.63) is 47.2 Å². The third-order valence-electron chi connectivity index (χ3n) is 5.98. The highest BCUT2D eigenvalue weighted by Gasteiger charge is 2.43. The number of hydrogen-bond donors (Lipinski definition) is 0. The lowest BCUT2D eigenvalue weighted by Gasteiger charge is -2.24. The molecule has 2 aromatic heterocycles. The van der Waals surface area contributed by atoms with Gasteiger partial charge in [-0.2, -0.15) is 0 Å². The van der Waals surface area contributed by atoms with Crippen LogP contribution in [0.15, 0.2) is 24.4 Å². The molecule has 0 radical (unpaired) electrons. The van der Waals surface area contributed by atoms with Crippen molar-refractivity contribution < 1.29 is 4.79 Å². The Labute approximate surface area is 153 Å². The number of carbonyl (C=O) groups excluding carboxylic acids is 1. The first-order chi connectivity index (χ1) is 12.7. The zero-order valence-corrected chi connectivity index (χ0v) is 15.1. The van der Waals surface area contributed by atoms with Gasteiger partial charge in [0.05, 0.1) is 0 Å². The molecule has 0 aromatic carbocycles. The molecule has 6 heteroatoms. The largest absolute Gasteiger partial charge is 0.356 e. The van der Waals surface area contributed by atoms with Crippen LogP contribution < -0.4 is 4.90 Å². The SMILES string of the molecule is Cc1nc2c(c(N3CC4CN(C(=O)c5ccccn5)CC4C3)n1)CCC2. The van der Waals surface area contributed by atoms with Crippen molar-refractivity contribution in [2.45, 2.75) is 26.2 Å². The first-order valence-electron chi connectivity index (χ1n) is 9.50.